The average Bonchev–Trinajstić information content (AvgIpc) is 3.06. The fraction of sp³-hybridized carbons (Fsp3) is 0.357. The van der Waals surface area contributed by atoms with E-state index in [1.807, 2.05) is 18.2 Å². The summed E-state index contributed by atoms with van der Waals surface area (Å²) >= 11 is 0. The molecule has 1 aromatic heterocycles. The molecule has 0 bridgehead atoms. The molecule has 1 saturated heterocycles. The molecular formula is C14H16N4O4. The topological polar surface area (TPSA) is 89.7 Å². The number of morpholine rings is 1. The molecule has 1 aromatic carbocycles. The summed E-state index contributed by atoms with van der Waals surface area (Å²) in [5.41, 5.74) is 3.43. The van der Waals surface area contributed by atoms with E-state index in [0.717, 1.165) is 0 Å². The van der Waals surface area contributed by atoms with Crippen LogP contribution in [0, 0.1) is 0 Å². The number of nitrogens with one attached hydrogen (secondary N) is 1. The highest BCUT2D eigenvalue weighted by molar-refractivity contribution is 5.89. The molecule has 1 amide bonds. The van der Waals surface area contributed by atoms with Gasteiger partial charge in [-0.2, -0.15) is 4.98 Å². The van der Waals surface area contributed by atoms with Gasteiger partial charge in [-0.3, -0.25) is 10.2 Å². The van der Waals surface area contributed by atoms with Crippen LogP contribution in [0.5, 0.6) is 5.75 Å². The fourth-order valence-electron chi connectivity index (χ4n) is 2.06. The summed E-state index contributed by atoms with van der Waals surface area (Å²) in [5.74, 6) is 0.514. The third kappa shape index (κ3) is 3.23. The van der Waals surface area contributed by atoms with Crippen molar-refractivity contribution < 1.29 is 18.8 Å². The SMILES string of the molecule is COc1cccc(-c2noc(C(=O)NN3CCOCC3)n2)c1. The Morgan fingerprint density at radius 2 is 2.18 bits per heavy atom. The predicted octanol–water partition coefficient (Wildman–Crippen LogP) is 0.722. The van der Waals surface area contributed by atoms with Crippen LogP contribution in [0.15, 0.2) is 28.8 Å². The van der Waals surface area contributed by atoms with Gasteiger partial charge in [0.15, 0.2) is 0 Å². The Morgan fingerprint density at radius 3 is 2.95 bits per heavy atom. The molecule has 1 aliphatic heterocycles. The van der Waals surface area contributed by atoms with E-state index in [1.54, 1.807) is 18.2 Å². The van der Waals surface area contributed by atoms with Gasteiger partial charge in [-0.05, 0) is 12.1 Å². The van der Waals surface area contributed by atoms with E-state index in [1.165, 1.54) is 0 Å². The Labute approximate surface area is 127 Å². The molecule has 8 heteroatoms. The maximum atomic E-state index is 12.1. The molecule has 116 valence electrons. The van der Waals surface area contributed by atoms with E-state index in [-0.39, 0.29) is 5.89 Å². The first-order valence-corrected chi connectivity index (χ1v) is 6.88. The highest BCUT2D eigenvalue weighted by Gasteiger charge is 2.20. The number of amides is 1. The van der Waals surface area contributed by atoms with Crippen molar-refractivity contribution in [1.82, 2.24) is 20.6 Å². The van der Waals surface area contributed by atoms with Gasteiger partial charge in [0.2, 0.25) is 5.82 Å². The van der Waals surface area contributed by atoms with Gasteiger partial charge in [0, 0.05) is 18.7 Å². The molecule has 3 rings (SSSR count). The minimum Gasteiger partial charge on any atom is -0.497 e. The standard InChI is InChI=1S/C14H16N4O4/c1-20-11-4-2-3-10(9-11)12-15-14(22-17-12)13(19)16-18-5-7-21-8-6-18/h2-4,9H,5-8H2,1H3,(H,16,19). The molecule has 0 atom stereocenters. The van der Waals surface area contributed by atoms with E-state index in [2.05, 4.69) is 15.6 Å². The van der Waals surface area contributed by atoms with Gasteiger partial charge in [-0.1, -0.05) is 17.3 Å². The van der Waals surface area contributed by atoms with Crippen molar-refractivity contribution in [3.05, 3.63) is 30.2 Å². The van der Waals surface area contributed by atoms with Gasteiger partial charge in [-0.25, -0.2) is 5.01 Å². The Balaban J connectivity index is 1.70. The maximum Gasteiger partial charge on any atom is 0.324 e. The van der Waals surface area contributed by atoms with Crippen LogP contribution in [0.25, 0.3) is 11.4 Å². The molecular weight excluding hydrogens is 288 g/mol. The zero-order valence-electron chi connectivity index (χ0n) is 12.1. The highest BCUT2D eigenvalue weighted by atomic mass is 16.5. The Bertz CT molecular complexity index is 652. The summed E-state index contributed by atoms with van der Waals surface area (Å²) < 4.78 is 15.4. The second-order valence-corrected chi connectivity index (χ2v) is 4.70. The lowest BCUT2D eigenvalue weighted by atomic mass is 10.2. The zero-order valence-corrected chi connectivity index (χ0v) is 12.1. The van der Waals surface area contributed by atoms with Crippen molar-refractivity contribution in [2.45, 2.75) is 0 Å². The van der Waals surface area contributed by atoms with Gasteiger partial charge in [0.25, 0.3) is 0 Å². The number of rotatable bonds is 4. The molecule has 1 aliphatic rings. The lowest BCUT2D eigenvalue weighted by Crippen LogP contribution is -2.48. The second kappa shape index (κ2) is 6.54. The minimum atomic E-state index is -0.427. The van der Waals surface area contributed by atoms with Crippen LogP contribution in [-0.2, 0) is 4.74 Å². The molecule has 0 radical (unpaired) electrons. The number of carbonyl (C=O) groups is 1. The summed E-state index contributed by atoms with van der Waals surface area (Å²) in [4.78, 5) is 16.2. The van der Waals surface area contributed by atoms with Crippen molar-refractivity contribution in [3.8, 4) is 17.1 Å². The smallest absolute Gasteiger partial charge is 0.324 e. The van der Waals surface area contributed by atoms with E-state index in [9.17, 15) is 4.79 Å². The molecule has 1 N–H and O–H groups in total. The molecule has 22 heavy (non-hydrogen) atoms. The van der Waals surface area contributed by atoms with Crippen LogP contribution in [0.2, 0.25) is 0 Å². The van der Waals surface area contributed by atoms with Crippen LogP contribution < -0.4 is 10.2 Å². The van der Waals surface area contributed by atoms with Crippen molar-refractivity contribution in [3.63, 3.8) is 0 Å². The van der Waals surface area contributed by atoms with Crippen molar-refractivity contribution >= 4 is 5.91 Å². The maximum absolute atomic E-state index is 12.1. The van der Waals surface area contributed by atoms with Crippen molar-refractivity contribution in [2.24, 2.45) is 0 Å². The summed E-state index contributed by atoms with van der Waals surface area (Å²) in [5, 5.41) is 5.60. The van der Waals surface area contributed by atoms with Crippen LogP contribution >= 0.6 is 0 Å². The number of hydrazine groups is 1. The van der Waals surface area contributed by atoms with E-state index >= 15 is 0 Å². The Morgan fingerprint density at radius 1 is 1.36 bits per heavy atom. The molecule has 1 fully saturated rings. The predicted molar refractivity (Wildman–Crippen MR) is 76.1 cm³/mol. The average molecular weight is 304 g/mol. The van der Waals surface area contributed by atoms with Crippen LogP contribution in [-0.4, -0.2) is 54.5 Å². The lowest BCUT2D eigenvalue weighted by molar-refractivity contribution is 0.0113. The quantitative estimate of drug-likeness (QED) is 0.890. The van der Waals surface area contributed by atoms with Crippen LogP contribution in [0.3, 0.4) is 0 Å². The van der Waals surface area contributed by atoms with Crippen molar-refractivity contribution in [1.29, 1.82) is 0 Å². The Kier molecular flexibility index (Phi) is 4.31. The van der Waals surface area contributed by atoms with Gasteiger partial charge in [0.05, 0.1) is 20.3 Å². The monoisotopic (exact) mass is 304 g/mol. The first kappa shape index (κ1) is 14.5. The normalized spacial score (nSPS) is 15.5. The third-order valence-corrected chi connectivity index (χ3v) is 3.22. The fourth-order valence-corrected chi connectivity index (χ4v) is 2.06. The van der Waals surface area contributed by atoms with E-state index in [4.69, 9.17) is 14.0 Å². The number of hydrogen-bond acceptors (Lipinski definition) is 7. The highest BCUT2D eigenvalue weighted by Crippen LogP contribution is 2.21. The molecule has 0 spiro atoms. The van der Waals surface area contributed by atoms with E-state index < -0.39 is 5.91 Å². The first-order chi connectivity index (χ1) is 10.8. The molecule has 2 heterocycles. The number of nitrogens with zero attached hydrogens (tertiary/aromatic N) is 3. The summed E-state index contributed by atoms with van der Waals surface area (Å²) in [6.07, 6.45) is 0. The molecule has 0 aliphatic carbocycles. The summed E-state index contributed by atoms with van der Waals surface area (Å²) in [6, 6.07) is 7.22. The number of methoxy groups -OCH3 is 1. The third-order valence-electron chi connectivity index (χ3n) is 3.22. The lowest BCUT2D eigenvalue weighted by Gasteiger charge is -2.26. The van der Waals surface area contributed by atoms with E-state index in [0.29, 0.717) is 43.4 Å². The van der Waals surface area contributed by atoms with Gasteiger partial charge in [0.1, 0.15) is 5.75 Å². The second-order valence-electron chi connectivity index (χ2n) is 4.70. The number of benzene rings is 1. The summed E-state index contributed by atoms with van der Waals surface area (Å²) in [6.45, 7) is 2.42. The molecule has 0 unspecified atom stereocenters. The number of aromatic nitrogens is 2. The van der Waals surface area contributed by atoms with Gasteiger partial charge >= 0.3 is 11.8 Å². The van der Waals surface area contributed by atoms with Gasteiger partial charge in [-0.15, -0.1) is 0 Å². The number of ether oxygens (including phenoxy) is 2. The van der Waals surface area contributed by atoms with Crippen LogP contribution in [0.4, 0.5) is 0 Å². The van der Waals surface area contributed by atoms with Gasteiger partial charge < -0.3 is 14.0 Å². The molecule has 8 nitrogen and oxygen atoms in total. The first-order valence-electron chi connectivity index (χ1n) is 6.88. The minimum absolute atomic E-state index is 0.0793. The largest absolute Gasteiger partial charge is 0.497 e. The number of hydrogen-bond donors (Lipinski definition) is 1. The Hall–Kier alpha value is -2.45. The number of carbonyl (C=O) groups excluding carboxylic acids is 1. The molecule has 2 aromatic rings. The molecule has 0 saturated carbocycles. The summed E-state index contributed by atoms with van der Waals surface area (Å²) in [7, 11) is 1.58. The van der Waals surface area contributed by atoms with Crippen LogP contribution in [0.1, 0.15) is 10.7 Å². The zero-order chi connectivity index (χ0) is 15.4. The van der Waals surface area contributed by atoms with Crippen molar-refractivity contribution in [2.75, 3.05) is 33.4 Å².